The minimum Gasteiger partial charge on any atom is -0.295 e. The lowest BCUT2D eigenvalue weighted by Gasteiger charge is -2.27. The van der Waals surface area contributed by atoms with Crippen LogP contribution in [-0.2, 0) is 9.59 Å². The molecule has 1 saturated heterocycles. The van der Waals surface area contributed by atoms with Gasteiger partial charge in [-0.05, 0) is 12.5 Å². The van der Waals surface area contributed by atoms with E-state index in [-0.39, 0.29) is 12.8 Å². The number of imide groups is 2. The molecule has 2 heterocycles. The van der Waals surface area contributed by atoms with E-state index in [1.807, 2.05) is 5.32 Å². The number of nitro benzene ring substituents is 1. The van der Waals surface area contributed by atoms with Crippen molar-refractivity contribution in [1.29, 1.82) is 0 Å². The summed E-state index contributed by atoms with van der Waals surface area (Å²) >= 11 is 0. The van der Waals surface area contributed by atoms with E-state index in [0.29, 0.717) is 17.0 Å². The van der Waals surface area contributed by atoms with Gasteiger partial charge >= 0.3 is 0 Å². The third kappa shape index (κ3) is 2.15. The molecule has 23 heavy (non-hydrogen) atoms. The predicted molar refractivity (Wildman–Crippen MR) is 69.7 cm³/mol. The van der Waals surface area contributed by atoms with Crippen molar-refractivity contribution in [2.75, 3.05) is 0 Å². The maximum Gasteiger partial charge on any atom is 0.285 e. The van der Waals surface area contributed by atoms with Gasteiger partial charge in [0.05, 0.1) is 16.6 Å². The molecular weight excluding hydrogens is 313 g/mol. The molecule has 0 spiro atoms. The molecule has 2 aliphatic rings. The highest BCUT2D eigenvalue weighted by Crippen LogP contribution is 2.34. The van der Waals surface area contributed by atoms with Crippen molar-refractivity contribution in [3.63, 3.8) is 0 Å². The first-order valence-corrected chi connectivity index (χ1v) is 6.50. The Hall–Kier alpha value is -3.17. The first kappa shape index (κ1) is 14.8. The van der Waals surface area contributed by atoms with Crippen LogP contribution < -0.4 is 5.32 Å². The van der Waals surface area contributed by atoms with Crippen LogP contribution in [0.5, 0.6) is 0 Å². The molecule has 1 fully saturated rings. The van der Waals surface area contributed by atoms with Crippen molar-refractivity contribution in [3.05, 3.63) is 39.2 Å². The summed E-state index contributed by atoms with van der Waals surface area (Å²) in [5.74, 6) is -4.48. The van der Waals surface area contributed by atoms with Crippen LogP contribution in [0.2, 0.25) is 0 Å². The lowest BCUT2D eigenvalue weighted by Crippen LogP contribution is -2.54. The Morgan fingerprint density at radius 1 is 1.22 bits per heavy atom. The quantitative estimate of drug-likeness (QED) is 0.469. The van der Waals surface area contributed by atoms with Gasteiger partial charge in [-0.2, -0.15) is 0 Å². The number of nitrogens with zero attached hydrogens (tertiary/aromatic N) is 2. The zero-order valence-corrected chi connectivity index (χ0v) is 11.4. The first-order valence-electron chi connectivity index (χ1n) is 6.50. The molecule has 0 saturated carbocycles. The zero-order chi connectivity index (χ0) is 16.9. The lowest BCUT2D eigenvalue weighted by atomic mass is 10.0. The third-order valence-electron chi connectivity index (χ3n) is 3.68. The Labute approximate surface area is 127 Å². The Bertz CT molecular complexity index is 805. The number of carbonyl (C=O) groups is 4. The molecule has 1 N–H and O–H groups in total. The van der Waals surface area contributed by atoms with E-state index in [2.05, 4.69) is 0 Å². The molecular formula is C13H8FN3O6. The summed E-state index contributed by atoms with van der Waals surface area (Å²) in [7, 11) is 0. The minimum absolute atomic E-state index is 0.0831. The smallest absolute Gasteiger partial charge is 0.285 e. The molecule has 9 nitrogen and oxygen atoms in total. The molecule has 118 valence electrons. The van der Waals surface area contributed by atoms with Crippen molar-refractivity contribution in [2.45, 2.75) is 18.9 Å². The van der Waals surface area contributed by atoms with Gasteiger partial charge in [-0.15, -0.1) is 0 Å². The van der Waals surface area contributed by atoms with E-state index < -0.39 is 57.2 Å². The SMILES string of the molecule is O=C1CCC(N2C(=O)c3cc(F)cc([N+](=O)[O-])c3C2=O)C(=O)N1. The van der Waals surface area contributed by atoms with E-state index in [1.54, 1.807) is 0 Å². The van der Waals surface area contributed by atoms with Crippen LogP contribution in [0.25, 0.3) is 0 Å². The third-order valence-corrected chi connectivity index (χ3v) is 3.68. The predicted octanol–water partition coefficient (Wildman–Crippen LogP) is 0.135. The minimum atomic E-state index is -1.26. The molecule has 0 aromatic heterocycles. The van der Waals surface area contributed by atoms with Gasteiger partial charge < -0.3 is 0 Å². The molecule has 1 atom stereocenters. The molecule has 2 aliphatic heterocycles. The van der Waals surface area contributed by atoms with Crippen LogP contribution in [0, 0.1) is 15.9 Å². The number of rotatable bonds is 2. The van der Waals surface area contributed by atoms with E-state index in [1.165, 1.54) is 0 Å². The lowest BCUT2D eigenvalue weighted by molar-refractivity contribution is -0.385. The van der Waals surface area contributed by atoms with Crippen molar-refractivity contribution in [3.8, 4) is 0 Å². The van der Waals surface area contributed by atoms with Gasteiger partial charge in [-0.3, -0.25) is 39.5 Å². The van der Waals surface area contributed by atoms with Crippen LogP contribution >= 0.6 is 0 Å². The fourth-order valence-corrected chi connectivity index (χ4v) is 2.68. The van der Waals surface area contributed by atoms with Gasteiger partial charge in [0.15, 0.2) is 0 Å². The van der Waals surface area contributed by atoms with Gasteiger partial charge in [-0.1, -0.05) is 0 Å². The van der Waals surface area contributed by atoms with Crippen molar-refractivity contribution >= 4 is 29.3 Å². The summed E-state index contributed by atoms with van der Waals surface area (Å²) in [5, 5.41) is 13.0. The summed E-state index contributed by atoms with van der Waals surface area (Å²) in [4.78, 5) is 58.2. The summed E-state index contributed by atoms with van der Waals surface area (Å²) in [6.07, 6.45) is -0.174. The summed E-state index contributed by atoms with van der Waals surface area (Å²) in [5.41, 5.74) is -1.86. The Morgan fingerprint density at radius 2 is 1.91 bits per heavy atom. The second-order valence-electron chi connectivity index (χ2n) is 5.05. The van der Waals surface area contributed by atoms with Crippen LogP contribution in [0.1, 0.15) is 33.6 Å². The molecule has 10 heteroatoms. The number of fused-ring (bicyclic) bond motifs is 1. The van der Waals surface area contributed by atoms with E-state index in [0.717, 1.165) is 0 Å². The molecule has 1 unspecified atom stereocenters. The number of piperidine rings is 1. The fourth-order valence-electron chi connectivity index (χ4n) is 2.68. The topological polar surface area (TPSA) is 127 Å². The first-order chi connectivity index (χ1) is 10.8. The maximum atomic E-state index is 13.5. The Morgan fingerprint density at radius 3 is 2.52 bits per heavy atom. The summed E-state index contributed by atoms with van der Waals surface area (Å²) in [6.45, 7) is 0. The largest absolute Gasteiger partial charge is 0.295 e. The second-order valence-corrected chi connectivity index (χ2v) is 5.05. The van der Waals surface area contributed by atoms with Crippen molar-refractivity contribution in [1.82, 2.24) is 10.2 Å². The molecule has 1 aromatic carbocycles. The molecule has 0 aliphatic carbocycles. The molecule has 3 rings (SSSR count). The standard InChI is InChI=1S/C13H8FN3O6/c14-5-3-6-10(8(4-5)17(22)23)13(21)16(12(6)20)7-1-2-9(18)15-11(7)19/h3-4,7H,1-2H2,(H,15,18,19). The number of nitrogens with one attached hydrogen (secondary N) is 1. The highest BCUT2D eigenvalue weighted by molar-refractivity contribution is 6.25. The van der Waals surface area contributed by atoms with E-state index in [4.69, 9.17) is 0 Å². The second kappa shape index (κ2) is 4.93. The number of nitro groups is 1. The normalized spacial score (nSPS) is 20.6. The average molecular weight is 321 g/mol. The Balaban J connectivity index is 2.08. The van der Waals surface area contributed by atoms with Gasteiger partial charge in [0.2, 0.25) is 11.8 Å². The van der Waals surface area contributed by atoms with Crippen LogP contribution in [0.4, 0.5) is 10.1 Å². The molecule has 0 radical (unpaired) electrons. The number of amides is 4. The Kier molecular flexibility index (Phi) is 3.17. The van der Waals surface area contributed by atoms with E-state index >= 15 is 0 Å². The van der Waals surface area contributed by atoms with Gasteiger partial charge in [0.1, 0.15) is 17.4 Å². The number of benzene rings is 1. The average Bonchev–Trinajstić information content (AvgIpc) is 2.71. The number of hydrogen-bond donors (Lipinski definition) is 1. The van der Waals surface area contributed by atoms with Gasteiger partial charge in [-0.25, -0.2) is 4.39 Å². The molecule has 4 amide bonds. The van der Waals surface area contributed by atoms with Gasteiger partial charge in [0.25, 0.3) is 17.5 Å². The highest BCUT2D eigenvalue weighted by Gasteiger charge is 2.48. The highest BCUT2D eigenvalue weighted by atomic mass is 19.1. The van der Waals surface area contributed by atoms with Crippen LogP contribution in [0.3, 0.4) is 0 Å². The van der Waals surface area contributed by atoms with Crippen molar-refractivity contribution in [2.24, 2.45) is 0 Å². The maximum absolute atomic E-state index is 13.5. The summed E-state index contributed by atoms with van der Waals surface area (Å²) < 4.78 is 13.5. The van der Waals surface area contributed by atoms with Gasteiger partial charge in [0, 0.05) is 6.42 Å². The molecule has 1 aromatic rings. The van der Waals surface area contributed by atoms with Crippen LogP contribution in [-0.4, -0.2) is 39.5 Å². The molecule has 0 bridgehead atoms. The monoisotopic (exact) mass is 321 g/mol. The fraction of sp³-hybridized carbons (Fsp3) is 0.231. The van der Waals surface area contributed by atoms with Crippen molar-refractivity contribution < 1.29 is 28.5 Å². The number of carbonyl (C=O) groups excluding carboxylic acids is 4. The summed E-state index contributed by atoms with van der Waals surface area (Å²) in [6, 6.07) is -0.00495. The zero-order valence-electron chi connectivity index (χ0n) is 11.4. The van der Waals surface area contributed by atoms with Crippen LogP contribution in [0.15, 0.2) is 12.1 Å². The number of hydrogen-bond acceptors (Lipinski definition) is 6. The van der Waals surface area contributed by atoms with E-state index in [9.17, 15) is 33.7 Å². The number of halogens is 1.